The van der Waals surface area contributed by atoms with Gasteiger partial charge in [-0.15, -0.1) is 0 Å². The standard InChI is InChI=1S/C10H11NO2/c11-6-9(12)7-2-1-3-10-8(7)4-5-13-10/h1-5,8,10H,6,11H2. The van der Waals surface area contributed by atoms with Crippen molar-refractivity contribution in [1.82, 2.24) is 0 Å². The van der Waals surface area contributed by atoms with Gasteiger partial charge in [0, 0.05) is 11.5 Å². The molecule has 3 nitrogen and oxygen atoms in total. The zero-order valence-electron chi connectivity index (χ0n) is 7.14. The Morgan fingerprint density at radius 1 is 1.54 bits per heavy atom. The molecule has 3 heteroatoms. The van der Waals surface area contributed by atoms with Crippen molar-refractivity contribution in [2.24, 2.45) is 11.7 Å². The van der Waals surface area contributed by atoms with Gasteiger partial charge in [0.05, 0.1) is 12.8 Å². The highest BCUT2D eigenvalue weighted by atomic mass is 16.5. The summed E-state index contributed by atoms with van der Waals surface area (Å²) in [5.41, 5.74) is 6.06. The molecule has 2 rings (SSSR count). The second-order valence-electron chi connectivity index (χ2n) is 3.09. The molecule has 1 aliphatic heterocycles. The van der Waals surface area contributed by atoms with Gasteiger partial charge < -0.3 is 10.5 Å². The number of fused-ring (bicyclic) bond motifs is 1. The zero-order valence-corrected chi connectivity index (χ0v) is 7.14. The number of hydrogen-bond acceptors (Lipinski definition) is 3. The van der Waals surface area contributed by atoms with E-state index in [9.17, 15) is 4.79 Å². The van der Waals surface area contributed by atoms with Crippen molar-refractivity contribution in [1.29, 1.82) is 0 Å². The molecule has 0 saturated heterocycles. The molecule has 68 valence electrons. The maximum Gasteiger partial charge on any atom is 0.173 e. The third kappa shape index (κ3) is 1.31. The number of ketones is 1. The minimum atomic E-state index is -0.00509. The van der Waals surface area contributed by atoms with Crippen molar-refractivity contribution in [2.45, 2.75) is 6.10 Å². The SMILES string of the molecule is NCC(=O)C1=CC=CC2OC=CC12. The first-order chi connectivity index (χ1) is 6.33. The van der Waals surface area contributed by atoms with E-state index in [0.29, 0.717) is 0 Å². The van der Waals surface area contributed by atoms with E-state index in [1.54, 1.807) is 6.26 Å². The minimum Gasteiger partial charge on any atom is -0.493 e. The quantitative estimate of drug-likeness (QED) is 0.669. The minimum absolute atomic E-state index is 0.00417. The fraction of sp³-hybridized carbons (Fsp3) is 0.300. The van der Waals surface area contributed by atoms with Crippen LogP contribution in [0.2, 0.25) is 0 Å². The van der Waals surface area contributed by atoms with Crippen molar-refractivity contribution < 1.29 is 9.53 Å². The number of rotatable bonds is 2. The Balaban J connectivity index is 2.26. The second-order valence-corrected chi connectivity index (χ2v) is 3.09. The number of hydrogen-bond donors (Lipinski definition) is 1. The Morgan fingerprint density at radius 3 is 3.15 bits per heavy atom. The van der Waals surface area contributed by atoms with Crippen LogP contribution in [0.25, 0.3) is 0 Å². The van der Waals surface area contributed by atoms with E-state index in [-0.39, 0.29) is 24.3 Å². The molecule has 0 fully saturated rings. The number of ether oxygens (including phenoxy) is 1. The predicted molar refractivity (Wildman–Crippen MR) is 48.8 cm³/mol. The molecule has 0 saturated carbocycles. The fourth-order valence-electron chi connectivity index (χ4n) is 1.64. The molecule has 0 aromatic heterocycles. The monoisotopic (exact) mass is 177 g/mol. The van der Waals surface area contributed by atoms with Gasteiger partial charge in [0.25, 0.3) is 0 Å². The van der Waals surface area contributed by atoms with Crippen LogP contribution in [0.5, 0.6) is 0 Å². The Hall–Kier alpha value is -1.35. The van der Waals surface area contributed by atoms with Gasteiger partial charge in [0.2, 0.25) is 0 Å². The van der Waals surface area contributed by atoms with E-state index >= 15 is 0 Å². The van der Waals surface area contributed by atoms with Crippen molar-refractivity contribution in [3.8, 4) is 0 Å². The Labute approximate surface area is 76.6 Å². The lowest BCUT2D eigenvalue weighted by molar-refractivity contribution is -0.114. The summed E-state index contributed by atoms with van der Waals surface area (Å²) in [6.07, 6.45) is 9.14. The molecule has 0 amide bonds. The molecule has 13 heavy (non-hydrogen) atoms. The highest BCUT2D eigenvalue weighted by Crippen LogP contribution is 2.29. The van der Waals surface area contributed by atoms with E-state index in [1.807, 2.05) is 24.3 Å². The molecule has 0 aromatic rings. The van der Waals surface area contributed by atoms with Crippen LogP contribution >= 0.6 is 0 Å². The molecule has 2 aliphatic rings. The number of carbonyl (C=O) groups excluding carboxylic acids is 1. The van der Waals surface area contributed by atoms with Crippen molar-refractivity contribution >= 4 is 5.78 Å². The highest BCUT2D eigenvalue weighted by molar-refractivity contribution is 5.98. The average Bonchev–Trinajstić information content (AvgIpc) is 2.63. The van der Waals surface area contributed by atoms with E-state index in [4.69, 9.17) is 10.5 Å². The number of Topliss-reactive ketones (excluding diaryl/α,β-unsaturated/α-hetero) is 1. The summed E-state index contributed by atoms with van der Waals surface area (Å²) < 4.78 is 5.28. The molecule has 2 atom stereocenters. The molecular formula is C10H11NO2. The normalized spacial score (nSPS) is 29.5. The Bertz CT molecular complexity index is 315. The first-order valence-corrected chi connectivity index (χ1v) is 4.26. The lowest BCUT2D eigenvalue weighted by Crippen LogP contribution is -2.26. The number of allylic oxidation sites excluding steroid dienone is 2. The largest absolute Gasteiger partial charge is 0.493 e. The van der Waals surface area contributed by atoms with Crippen molar-refractivity contribution in [3.63, 3.8) is 0 Å². The van der Waals surface area contributed by atoms with Crippen LogP contribution in [0, 0.1) is 5.92 Å². The molecule has 0 spiro atoms. The molecule has 2 unspecified atom stereocenters. The fourth-order valence-corrected chi connectivity index (χ4v) is 1.64. The predicted octanol–water partition coefficient (Wildman–Crippen LogP) is 0.539. The third-order valence-electron chi connectivity index (χ3n) is 2.32. The van der Waals surface area contributed by atoms with Gasteiger partial charge in [0.1, 0.15) is 6.10 Å². The summed E-state index contributed by atoms with van der Waals surface area (Å²) in [5.74, 6) is 0.0653. The van der Waals surface area contributed by atoms with Gasteiger partial charge >= 0.3 is 0 Å². The van der Waals surface area contributed by atoms with Crippen LogP contribution in [0.3, 0.4) is 0 Å². The first kappa shape index (κ1) is 8.26. The summed E-state index contributed by atoms with van der Waals surface area (Å²) in [4.78, 5) is 11.4. The van der Waals surface area contributed by atoms with Crippen molar-refractivity contribution in [2.75, 3.05) is 6.54 Å². The molecule has 0 aromatic carbocycles. The summed E-state index contributed by atoms with van der Waals surface area (Å²) in [6, 6.07) is 0. The second kappa shape index (κ2) is 3.18. The van der Waals surface area contributed by atoms with Crippen LogP contribution in [0.1, 0.15) is 0 Å². The van der Waals surface area contributed by atoms with Crippen LogP contribution in [0.15, 0.2) is 36.1 Å². The smallest absolute Gasteiger partial charge is 0.173 e. The topological polar surface area (TPSA) is 52.3 Å². The summed E-state index contributed by atoms with van der Waals surface area (Å²) in [7, 11) is 0. The number of nitrogens with two attached hydrogens (primary N) is 1. The molecule has 1 aliphatic carbocycles. The summed E-state index contributed by atoms with van der Waals surface area (Å²) >= 11 is 0. The number of carbonyl (C=O) groups is 1. The Morgan fingerprint density at radius 2 is 2.38 bits per heavy atom. The van der Waals surface area contributed by atoms with Gasteiger partial charge in [0.15, 0.2) is 5.78 Å². The first-order valence-electron chi connectivity index (χ1n) is 4.26. The average molecular weight is 177 g/mol. The van der Waals surface area contributed by atoms with E-state index < -0.39 is 0 Å². The highest BCUT2D eigenvalue weighted by Gasteiger charge is 2.30. The van der Waals surface area contributed by atoms with Gasteiger partial charge in [-0.2, -0.15) is 0 Å². The van der Waals surface area contributed by atoms with Crippen LogP contribution in [-0.2, 0) is 9.53 Å². The van der Waals surface area contributed by atoms with Gasteiger partial charge in [-0.25, -0.2) is 0 Å². The van der Waals surface area contributed by atoms with E-state index in [0.717, 1.165) is 5.57 Å². The van der Waals surface area contributed by atoms with Gasteiger partial charge in [-0.1, -0.05) is 12.2 Å². The Kier molecular flexibility index (Phi) is 2.02. The van der Waals surface area contributed by atoms with Gasteiger partial charge in [-0.3, -0.25) is 4.79 Å². The lowest BCUT2D eigenvalue weighted by atomic mass is 9.87. The molecule has 2 N–H and O–H groups in total. The van der Waals surface area contributed by atoms with Crippen LogP contribution in [0.4, 0.5) is 0 Å². The maximum absolute atomic E-state index is 11.4. The molecular weight excluding hydrogens is 166 g/mol. The lowest BCUT2D eigenvalue weighted by Gasteiger charge is -2.20. The third-order valence-corrected chi connectivity index (χ3v) is 2.32. The van der Waals surface area contributed by atoms with E-state index in [1.165, 1.54) is 0 Å². The van der Waals surface area contributed by atoms with Crippen LogP contribution in [-0.4, -0.2) is 18.4 Å². The molecule has 1 heterocycles. The molecule has 0 bridgehead atoms. The van der Waals surface area contributed by atoms with Crippen molar-refractivity contribution in [3.05, 3.63) is 36.1 Å². The van der Waals surface area contributed by atoms with Gasteiger partial charge in [-0.05, 0) is 12.2 Å². The molecule has 0 radical (unpaired) electrons. The van der Waals surface area contributed by atoms with E-state index in [2.05, 4.69) is 0 Å². The summed E-state index contributed by atoms with van der Waals surface area (Å²) in [6.45, 7) is 0.0662. The summed E-state index contributed by atoms with van der Waals surface area (Å²) in [5, 5.41) is 0. The zero-order chi connectivity index (χ0) is 9.26. The van der Waals surface area contributed by atoms with Crippen LogP contribution < -0.4 is 5.73 Å². The maximum atomic E-state index is 11.4.